The highest BCUT2D eigenvalue weighted by atomic mass is 32.2. The van der Waals surface area contributed by atoms with Gasteiger partial charge in [0.25, 0.3) is 5.79 Å². The standard InChI is InChI=1S/C22H26O8S/c1-12-11-15(13-7-6-8-16(27-4)17(13)28-5)22(14-9-10-31(25,26)18(12)14)19(23)29-21(2,3)30-20(22)24/h6-8,14-15H,9-11H2,1-5H3/t14-,15+/m0/s1. The van der Waals surface area contributed by atoms with E-state index in [4.69, 9.17) is 18.9 Å². The van der Waals surface area contributed by atoms with Gasteiger partial charge in [-0.1, -0.05) is 17.7 Å². The van der Waals surface area contributed by atoms with Crippen LogP contribution in [-0.2, 0) is 28.9 Å². The maximum Gasteiger partial charge on any atom is 0.328 e. The van der Waals surface area contributed by atoms with Crippen molar-refractivity contribution in [3.05, 3.63) is 34.2 Å². The molecule has 1 spiro atoms. The lowest BCUT2D eigenvalue weighted by atomic mass is 9.57. The average Bonchev–Trinajstić information content (AvgIpc) is 3.01. The number of hydrogen-bond acceptors (Lipinski definition) is 8. The van der Waals surface area contributed by atoms with E-state index in [-0.39, 0.29) is 23.5 Å². The Morgan fingerprint density at radius 3 is 2.26 bits per heavy atom. The van der Waals surface area contributed by atoms with Gasteiger partial charge in [-0.15, -0.1) is 0 Å². The van der Waals surface area contributed by atoms with E-state index in [2.05, 4.69) is 0 Å². The molecular weight excluding hydrogens is 424 g/mol. The van der Waals surface area contributed by atoms with Gasteiger partial charge in [0.05, 0.1) is 20.0 Å². The van der Waals surface area contributed by atoms with Gasteiger partial charge in [-0.3, -0.25) is 9.59 Å². The molecule has 2 aliphatic heterocycles. The first-order valence-electron chi connectivity index (χ1n) is 10.1. The minimum Gasteiger partial charge on any atom is -0.493 e. The van der Waals surface area contributed by atoms with Crippen molar-refractivity contribution in [3.8, 4) is 11.5 Å². The van der Waals surface area contributed by atoms with E-state index in [1.54, 1.807) is 25.1 Å². The third-order valence-corrected chi connectivity index (χ3v) is 8.59. The highest BCUT2D eigenvalue weighted by molar-refractivity contribution is 7.95. The molecule has 1 aromatic rings. The monoisotopic (exact) mass is 450 g/mol. The van der Waals surface area contributed by atoms with E-state index in [1.807, 2.05) is 0 Å². The molecule has 168 valence electrons. The summed E-state index contributed by atoms with van der Waals surface area (Å²) in [5, 5.41) is 0. The van der Waals surface area contributed by atoms with Gasteiger partial charge in [0.15, 0.2) is 26.8 Å². The summed E-state index contributed by atoms with van der Waals surface area (Å²) >= 11 is 0. The van der Waals surface area contributed by atoms with Crippen molar-refractivity contribution in [2.75, 3.05) is 20.0 Å². The van der Waals surface area contributed by atoms with Crippen molar-refractivity contribution in [2.24, 2.45) is 11.3 Å². The van der Waals surface area contributed by atoms with Gasteiger partial charge < -0.3 is 18.9 Å². The Morgan fingerprint density at radius 1 is 1.03 bits per heavy atom. The van der Waals surface area contributed by atoms with E-state index >= 15 is 0 Å². The van der Waals surface area contributed by atoms with Crippen molar-refractivity contribution in [1.82, 2.24) is 0 Å². The molecule has 0 bridgehead atoms. The second-order valence-electron chi connectivity index (χ2n) is 8.69. The molecule has 4 rings (SSSR count). The zero-order chi connectivity index (χ0) is 22.8. The number of benzene rings is 1. The summed E-state index contributed by atoms with van der Waals surface area (Å²) < 4.78 is 47.8. The molecule has 2 saturated heterocycles. The van der Waals surface area contributed by atoms with Gasteiger partial charge >= 0.3 is 11.9 Å². The first-order chi connectivity index (χ1) is 14.5. The number of para-hydroxylation sites is 1. The third kappa shape index (κ3) is 2.96. The second-order valence-corrected chi connectivity index (χ2v) is 10.8. The minimum atomic E-state index is -3.57. The Bertz CT molecular complexity index is 1080. The minimum absolute atomic E-state index is 0.127. The quantitative estimate of drug-likeness (QED) is 0.511. The Morgan fingerprint density at radius 2 is 1.68 bits per heavy atom. The van der Waals surface area contributed by atoms with Crippen molar-refractivity contribution >= 4 is 21.8 Å². The lowest BCUT2D eigenvalue weighted by molar-refractivity contribution is -0.257. The van der Waals surface area contributed by atoms with Crippen LogP contribution in [0.4, 0.5) is 0 Å². The molecule has 0 unspecified atom stereocenters. The number of fused-ring (bicyclic) bond motifs is 2. The first-order valence-corrected chi connectivity index (χ1v) is 11.7. The normalized spacial score (nSPS) is 28.0. The maximum atomic E-state index is 13.6. The molecule has 2 heterocycles. The van der Waals surface area contributed by atoms with Crippen molar-refractivity contribution < 1.29 is 37.0 Å². The number of rotatable bonds is 3. The van der Waals surface area contributed by atoms with Crippen LogP contribution < -0.4 is 9.47 Å². The van der Waals surface area contributed by atoms with Gasteiger partial charge in [0.1, 0.15) is 0 Å². The van der Waals surface area contributed by atoms with Crippen molar-refractivity contribution in [3.63, 3.8) is 0 Å². The number of ether oxygens (including phenoxy) is 4. The lowest BCUT2D eigenvalue weighted by Gasteiger charge is -2.49. The predicted molar refractivity (Wildman–Crippen MR) is 110 cm³/mol. The molecule has 3 aliphatic rings. The van der Waals surface area contributed by atoms with E-state index in [0.717, 1.165) is 0 Å². The van der Waals surface area contributed by atoms with Crippen LogP contribution in [0, 0.1) is 11.3 Å². The predicted octanol–water partition coefficient (Wildman–Crippen LogP) is 2.72. The number of allylic oxidation sites excluding steroid dienone is 2. The smallest absolute Gasteiger partial charge is 0.328 e. The topological polar surface area (TPSA) is 105 Å². The van der Waals surface area contributed by atoms with Crippen LogP contribution in [0.5, 0.6) is 11.5 Å². The van der Waals surface area contributed by atoms with Crippen LogP contribution in [0.1, 0.15) is 45.1 Å². The molecule has 8 nitrogen and oxygen atoms in total. The fourth-order valence-electron chi connectivity index (χ4n) is 5.37. The number of sulfone groups is 1. The zero-order valence-corrected chi connectivity index (χ0v) is 19.0. The average molecular weight is 451 g/mol. The number of carbonyl (C=O) groups excluding carboxylic acids is 2. The maximum absolute atomic E-state index is 13.6. The molecule has 2 atom stereocenters. The van der Waals surface area contributed by atoms with E-state index < -0.39 is 44.8 Å². The molecule has 0 N–H and O–H groups in total. The van der Waals surface area contributed by atoms with Crippen LogP contribution in [0.15, 0.2) is 28.7 Å². The van der Waals surface area contributed by atoms with Gasteiger partial charge in [-0.05, 0) is 25.8 Å². The summed E-state index contributed by atoms with van der Waals surface area (Å²) in [6.07, 6.45) is 0.307. The number of esters is 2. The SMILES string of the molecule is COc1cccc([C@H]2CC(C)=C3[C@H](CCS3(=O)=O)C23C(=O)OC(C)(C)OC3=O)c1OC. The Balaban J connectivity index is 2.02. The molecule has 0 saturated carbocycles. The van der Waals surface area contributed by atoms with Gasteiger partial charge in [-0.2, -0.15) is 0 Å². The summed E-state index contributed by atoms with van der Waals surface area (Å²) in [6, 6.07) is 5.22. The van der Waals surface area contributed by atoms with Crippen molar-refractivity contribution in [2.45, 2.75) is 45.3 Å². The molecule has 31 heavy (non-hydrogen) atoms. The van der Waals surface area contributed by atoms with E-state index in [9.17, 15) is 18.0 Å². The Hall–Kier alpha value is -2.55. The molecule has 0 amide bonds. The summed E-state index contributed by atoms with van der Waals surface area (Å²) in [6.45, 7) is 4.70. The third-order valence-electron chi connectivity index (χ3n) is 6.52. The molecule has 0 aromatic heterocycles. The van der Waals surface area contributed by atoms with Gasteiger partial charge in [0, 0.05) is 36.2 Å². The van der Waals surface area contributed by atoms with Crippen LogP contribution in [0.3, 0.4) is 0 Å². The fourth-order valence-corrected chi connectivity index (χ4v) is 7.49. The number of cyclic esters (lactones) is 2. The van der Waals surface area contributed by atoms with Crippen LogP contribution in [0.2, 0.25) is 0 Å². The van der Waals surface area contributed by atoms with Crippen LogP contribution >= 0.6 is 0 Å². The van der Waals surface area contributed by atoms with Gasteiger partial charge in [0.2, 0.25) is 0 Å². The first kappa shape index (κ1) is 21.7. The zero-order valence-electron chi connectivity index (χ0n) is 18.2. The Labute approximate surface area is 181 Å². The van der Waals surface area contributed by atoms with Crippen LogP contribution in [-0.4, -0.2) is 46.1 Å². The Kier molecular flexibility index (Phi) is 4.88. The lowest BCUT2D eigenvalue weighted by Crippen LogP contribution is -2.61. The summed E-state index contributed by atoms with van der Waals surface area (Å²) in [4.78, 5) is 27.3. The van der Waals surface area contributed by atoms with E-state index in [1.165, 1.54) is 28.1 Å². The van der Waals surface area contributed by atoms with Crippen LogP contribution in [0.25, 0.3) is 0 Å². The molecular formula is C22H26O8S. The second kappa shape index (κ2) is 6.98. The highest BCUT2D eigenvalue weighted by Crippen LogP contribution is 2.62. The largest absolute Gasteiger partial charge is 0.493 e. The molecule has 2 fully saturated rings. The summed E-state index contributed by atoms with van der Waals surface area (Å²) in [7, 11) is -0.599. The number of methoxy groups -OCH3 is 2. The number of hydrogen-bond donors (Lipinski definition) is 0. The summed E-state index contributed by atoms with van der Waals surface area (Å²) in [5.74, 6) is -3.87. The number of carbonyl (C=O) groups is 2. The molecule has 1 aliphatic carbocycles. The molecule has 9 heteroatoms. The van der Waals surface area contributed by atoms with Crippen molar-refractivity contribution in [1.29, 1.82) is 0 Å². The molecule has 0 radical (unpaired) electrons. The summed E-state index contributed by atoms with van der Waals surface area (Å²) in [5.41, 5.74) is -0.625. The highest BCUT2D eigenvalue weighted by Gasteiger charge is 2.69. The van der Waals surface area contributed by atoms with Gasteiger partial charge in [-0.25, -0.2) is 8.42 Å². The molecule has 1 aromatic carbocycles. The van der Waals surface area contributed by atoms with E-state index in [0.29, 0.717) is 22.6 Å². The fraction of sp³-hybridized carbons (Fsp3) is 0.545.